The molecule has 170 valence electrons. The second-order valence-corrected chi connectivity index (χ2v) is 9.42. The molecule has 0 bridgehead atoms. The molecule has 2 aromatic rings. The van der Waals surface area contributed by atoms with Crippen molar-refractivity contribution in [1.82, 2.24) is 14.7 Å². The number of para-hydroxylation sites is 2. The summed E-state index contributed by atoms with van der Waals surface area (Å²) in [5.74, 6) is 1.65. The number of amides is 2. The Morgan fingerprint density at radius 2 is 1.75 bits per heavy atom. The van der Waals surface area contributed by atoms with Gasteiger partial charge in [-0.05, 0) is 50.9 Å². The van der Waals surface area contributed by atoms with E-state index in [9.17, 15) is 4.79 Å². The quantitative estimate of drug-likeness (QED) is 0.707. The van der Waals surface area contributed by atoms with Gasteiger partial charge >= 0.3 is 6.03 Å². The summed E-state index contributed by atoms with van der Waals surface area (Å²) in [5, 5.41) is 0. The summed E-state index contributed by atoms with van der Waals surface area (Å²) in [4.78, 5) is 20.1. The molecule has 2 saturated heterocycles. The van der Waals surface area contributed by atoms with Gasteiger partial charge in [-0.2, -0.15) is 0 Å². The van der Waals surface area contributed by atoms with Crippen LogP contribution in [-0.4, -0.2) is 71.7 Å². The van der Waals surface area contributed by atoms with Gasteiger partial charge in [0, 0.05) is 31.7 Å². The smallest absolute Gasteiger partial charge is 0.321 e. The Labute approximate surface area is 190 Å². The van der Waals surface area contributed by atoms with Gasteiger partial charge in [0.2, 0.25) is 0 Å². The van der Waals surface area contributed by atoms with E-state index < -0.39 is 0 Å². The lowest BCUT2D eigenvalue weighted by atomic mass is 10.0. The summed E-state index contributed by atoms with van der Waals surface area (Å²) in [6, 6.07) is 19.0. The lowest BCUT2D eigenvalue weighted by Crippen LogP contribution is -2.52. The average molecular weight is 436 g/mol. The van der Waals surface area contributed by atoms with Gasteiger partial charge in [0.05, 0.1) is 6.04 Å². The topological polar surface area (TPSA) is 45.3 Å². The van der Waals surface area contributed by atoms with Crippen LogP contribution >= 0.6 is 0 Å². The standard InChI is InChI=1S/C26H33N3O3/c1-19(2)29-23(20-9-4-3-5-10-20)17-28(26(29)30)21-11-8-14-27(15-21)16-22-18-31-24-12-6-7-13-25(24)32-22/h3-7,9-10,12-13,19,21-23H,8,11,14-18H2,1-2H3/t21-,22-,23-/m0/s1. The molecule has 5 rings (SSSR count). The van der Waals surface area contributed by atoms with Crippen molar-refractivity contribution in [2.45, 2.75) is 50.9 Å². The summed E-state index contributed by atoms with van der Waals surface area (Å²) in [6.45, 7) is 8.30. The van der Waals surface area contributed by atoms with Crippen molar-refractivity contribution >= 4 is 6.03 Å². The number of likely N-dealkylation sites (tertiary alicyclic amines) is 1. The van der Waals surface area contributed by atoms with E-state index in [0.717, 1.165) is 50.5 Å². The number of carbonyl (C=O) groups is 1. The molecule has 0 saturated carbocycles. The lowest BCUT2D eigenvalue weighted by Gasteiger charge is -2.39. The zero-order valence-corrected chi connectivity index (χ0v) is 19.0. The zero-order valence-electron chi connectivity index (χ0n) is 19.0. The Bertz CT molecular complexity index is 935. The molecule has 2 fully saturated rings. The minimum atomic E-state index is 0.0159. The SMILES string of the molecule is CC(C)N1C(=O)N([C@H]2CCCN(C[C@H]3COc4ccccc4O3)C2)C[C@H]1c1ccccc1. The largest absolute Gasteiger partial charge is 0.486 e. The molecule has 32 heavy (non-hydrogen) atoms. The highest BCUT2D eigenvalue weighted by molar-refractivity contribution is 5.78. The van der Waals surface area contributed by atoms with Crippen LogP contribution < -0.4 is 9.47 Å². The first-order valence-electron chi connectivity index (χ1n) is 11.8. The van der Waals surface area contributed by atoms with E-state index in [-0.39, 0.29) is 30.3 Å². The highest BCUT2D eigenvalue weighted by Gasteiger charge is 2.43. The van der Waals surface area contributed by atoms with Gasteiger partial charge in [-0.1, -0.05) is 42.5 Å². The third kappa shape index (κ3) is 4.16. The summed E-state index contributed by atoms with van der Waals surface area (Å²) >= 11 is 0. The van der Waals surface area contributed by atoms with Crippen LogP contribution in [0.15, 0.2) is 54.6 Å². The summed E-state index contributed by atoms with van der Waals surface area (Å²) in [6.07, 6.45) is 2.17. The van der Waals surface area contributed by atoms with Crippen molar-refractivity contribution in [2.24, 2.45) is 0 Å². The molecule has 3 aliphatic rings. The van der Waals surface area contributed by atoms with Gasteiger partial charge in [-0.15, -0.1) is 0 Å². The fourth-order valence-corrected chi connectivity index (χ4v) is 5.35. The minimum absolute atomic E-state index is 0.0159. The van der Waals surface area contributed by atoms with Crippen LogP contribution in [0.2, 0.25) is 0 Å². The summed E-state index contributed by atoms with van der Waals surface area (Å²) < 4.78 is 12.1. The van der Waals surface area contributed by atoms with Gasteiger partial charge in [0.1, 0.15) is 12.7 Å². The van der Waals surface area contributed by atoms with E-state index in [4.69, 9.17) is 9.47 Å². The van der Waals surface area contributed by atoms with Crippen LogP contribution in [0.3, 0.4) is 0 Å². The number of rotatable bonds is 5. The lowest BCUT2D eigenvalue weighted by molar-refractivity contribution is 0.0398. The molecule has 3 aliphatic heterocycles. The molecule has 3 heterocycles. The first kappa shape index (κ1) is 21.1. The average Bonchev–Trinajstić information content (AvgIpc) is 3.17. The van der Waals surface area contributed by atoms with E-state index in [1.165, 1.54) is 5.56 Å². The Kier molecular flexibility index (Phi) is 5.96. The fourth-order valence-electron chi connectivity index (χ4n) is 5.35. The highest BCUT2D eigenvalue weighted by atomic mass is 16.6. The molecular formula is C26H33N3O3. The second kappa shape index (κ2) is 9.02. The van der Waals surface area contributed by atoms with E-state index in [1.807, 2.05) is 30.3 Å². The molecular weight excluding hydrogens is 402 g/mol. The normalized spacial score (nSPS) is 26.1. The summed E-state index contributed by atoms with van der Waals surface area (Å²) in [5.41, 5.74) is 1.22. The number of urea groups is 1. The maximum atomic E-state index is 13.5. The number of hydrogen-bond donors (Lipinski definition) is 0. The van der Waals surface area contributed by atoms with Crippen LogP contribution in [0.25, 0.3) is 0 Å². The Morgan fingerprint density at radius 1 is 1.00 bits per heavy atom. The van der Waals surface area contributed by atoms with E-state index in [0.29, 0.717) is 6.61 Å². The maximum absolute atomic E-state index is 13.5. The minimum Gasteiger partial charge on any atom is -0.486 e. The predicted octanol–water partition coefficient (Wildman–Crippen LogP) is 4.18. The summed E-state index contributed by atoms with van der Waals surface area (Å²) in [7, 11) is 0. The molecule has 0 aromatic heterocycles. The molecule has 0 N–H and O–H groups in total. The maximum Gasteiger partial charge on any atom is 0.321 e. The highest BCUT2D eigenvalue weighted by Crippen LogP contribution is 2.35. The molecule has 2 aromatic carbocycles. The van der Waals surface area contributed by atoms with Crippen LogP contribution in [-0.2, 0) is 0 Å². The molecule has 6 heteroatoms. The van der Waals surface area contributed by atoms with Crippen LogP contribution in [0.5, 0.6) is 11.5 Å². The van der Waals surface area contributed by atoms with Crippen molar-refractivity contribution in [1.29, 1.82) is 0 Å². The zero-order chi connectivity index (χ0) is 22.1. The number of ether oxygens (including phenoxy) is 2. The Hall–Kier alpha value is -2.73. The molecule has 6 nitrogen and oxygen atoms in total. The van der Waals surface area contributed by atoms with Crippen LogP contribution in [0.1, 0.15) is 38.3 Å². The molecule has 3 atom stereocenters. The first-order chi connectivity index (χ1) is 15.6. The molecule has 0 unspecified atom stereocenters. The van der Waals surface area contributed by atoms with Crippen LogP contribution in [0, 0.1) is 0 Å². The fraction of sp³-hybridized carbons (Fsp3) is 0.500. The number of benzene rings is 2. The van der Waals surface area contributed by atoms with Crippen LogP contribution in [0.4, 0.5) is 4.79 Å². The van der Waals surface area contributed by atoms with Crippen molar-refractivity contribution in [2.75, 3.05) is 32.8 Å². The Balaban J connectivity index is 1.25. The van der Waals surface area contributed by atoms with E-state index in [1.54, 1.807) is 0 Å². The molecule has 0 radical (unpaired) electrons. The van der Waals surface area contributed by atoms with Gasteiger partial charge in [-0.25, -0.2) is 4.79 Å². The number of piperidine rings is 1. The third-order valence-corrected chi connectivity index (χ3v) is 6.86. The van der Waals surface area contributed by atoms with E-state index in [2.05, 4.69) is 52.8 Å². The number of hydrogen-bond acceptors (Lipinski definition) is 4. The van der Waals surface area contributed by atoms with Gasteiger partial charge in [0.15, 0.2) is 11.5 Å². The number of nitrogens with zero attached hydrogens (tertiary/aromatic N) is 3. The van der Waals surface area contributed by atoms with Crippen molar-refractivity contribution < 1.29 is 14.3 Å². The van der Waals surface area contributed by atoms with Crippen molar-refractivity contribution in [3.8, 4) is 11.5 Å². The predicted molar refractivity (Wildman–Crippen MR) is 124 cm³/mol. The molecule has 0 spiro atoms. The number of fused-ring (bicyclic) bond motifs is 1. The van der Waals surface area contributed by atoms with E-state index >= 15 is 0 Å². The molecule has 0 aliphatic carbocycles. The van der Waals surface area contributed by atoms with Gasteiger partial charge in [-0.3, -0.25) is 4.90 Å². The first-order valence-corrected chi connectivity index (χ1v) is 11.8. The van der Waals surface area contributed by atoms with Crippen molar-refractivity contribution in [3.63, 3.8) is 0 Å². The van der Waals surface area contributed by atoms with Crippen molar-refractivity contribution in [3.05, 3.63) is 60.2 Å². The van der Waals surface area contributed by atoms with Gasteiger partial charge in [0.25, 0.3) is 0 Å². The third-order valence-electron chi connectivity index (χ3n) is 6.86. The van der Waals surface area contributed by atoms with Gasteiger partial charge < -0.3 is 19.3 Å². The second-order valence-electron chi connectivity index (χ2n) is 9.42. The number of carbonyl (C=O) groups excluding carboxylic acids is 1. The Morgan fingerprint density at radius 3 is 2.53 bits per heavy atom. The molecule has 2 amide bonds. The monoisotopic (exact) mass is 435 g/mol.